The van der Waals surface area contributed by atoms with E-state index in [2.05, 4.69) is 0 Å². The first-order valence-electron chi connectivity index (χ1n) is 7.00. The van der Waals surface area contributed by atoms with Crippen molar-refractivity contribution in [1.82, 2.24) is 0 Å². The molecule has 0 rings (SSSR count). The number of aliphatic hydroxyl groups is 1. The minimum Gasteiger partial charge on any atom is -0.481 e. The number of aliphatic hydroxyl groups excluding tert-OH is 1. The second kappa shape index (κ2) is 9.28. The molecule has 5 heteroatoms. The molecular weight excluding hydrogens is 248 g/mol. The van der Waals surface area contributed by atoms with E-state index in [9.17, 15) is 9.90 Å². The van der Waals surface area contributed by atoms with Crippen LogP contribution < -0.4 is 0 Å². The number of carboxylic acid groups (broad SMARTS) is 1. The first kappa shape index (κ1) is 18.4. The average Bonchev–Trinajstić information content (AvgIpc) is 2.29. The molecule has 0 bridgehead atoms. The van der Waals surface area contributed by atoms with Crippen LogP contribution in [0.25, 0.3) is 0 Å². The molecule has 0 aromatic carbocycles. The highest BCUT2D eigenvalue weighted by molar-refractivity contribution is 5.70. The number of hydrogen-bond donors (Lipinski definition) is 2. The van der Waals surface area contributed by atoms with Crippen molar-refractivity contribution in [3.8, 4) is 0 Å². The minimum atomic E-state index is -0.783. The summed E-state index contributed by atoms with van der Waals surface area (Å²) in [6.07, 6.45) is 3.02. The number of carbonyl (C=O) groups is 1. The van der Waals surface area contributed by atoms with Crippen molar-refractivity contribution in [2.45, 2.75) is 71.5 Å². The van der Waals surface area contributed by atoms with Crippen molar-refractivity contribution >= 4 is 5.97 Å². The third kappa shape index (κ3) is 9.87. The fourth-order valence-electron chi connectivity index (χ4n) is 1.81. The number of rotatable bonds is 11. The SMILES string of the molecule is CCCCC(CC(C)(C)OOCCC(C)O)C(=O)O. The summed E-state index contributed by atoms with van der Waals surface area (Å²) in [7, 11) is 0. The topological polar surface area (TPSA) is 76.0 Å². The van der Waals surface area contributed by atoms with E-state index < -0.39 is 23.6 Å². The van der Waals surface area contributed by atoms with Crippen molar-refractivity contribution in [2.24, 2.45) is 5.92 Å². The van der Waals surface area contributed by atoms with Crippen molar-refractivity contribution in [3.05, 3.63) is 0 Å². The van der Waals surface area contributed by atoms with Gasteiger partial charge in [-0.25, -0.2) is 9.78 Å². The van der Waals surface area contributed by atoms with Crippen molar-refractivity contribution in [2.75, 3.05) is 6.61 Å². The van der Waals surface area contributed by atoms with Gasteiger partial charge in [0.2, 0.25) is 0 Å². The van der Waals surface area contributed by atoms with Crippen molar-refractivity contribution in [3.63, 3.8) is 0 Å². The molecule has 2 unspecified atom stereocenters. The molecule has 0 aliphatic rings. The van der Waals surface area contributed by atoms with Crippen LogP contribution in [-0.4, -0.2) is 34.5 Å². The molecular formula is C14H28O5. The Balaban J connectivity index is 4.11. The van der Waals surface area contributed by atoms with E-state index in [4.69, 9.17) is 14.9 Å². The number of unbranched alkanes of at least 4 members (excludes halogenated alkanes) is 1. The lowest BCUT2D eigenvalue weighted by Gasteiger charge is -2.26. The summed E-state index contributed by atoms with van der Waals surface area (Å²) in [4.78, 5) is 21.5. The van der Waals surface area contributed by atoms with E-state index in [1.54, 1.807) is 6.92 Å². The molecule has 0 spiro atoms. The smallest absolute Gasteiger partial charge is 0.306 e. The summed E-state index contributed by atoms with van der Waals surface area (Å²) in [6, 6.07) is 0. The molecule has 0 saturated carbocycles. The summed E-state index contributed by atoms with van der Waals surface area (Å²) in [6.45, 7) is 7.65. The van der Waals surface area contributed by atoms with E-state index >= 15 is 0 Å². The van der Waals surface area contributed by atoms with Gasteiger partial charge in [0.1, 0.15) is 0 Å². The van der Waals surface area contributed by atoms with E-state index in [1.165, 1.54) is 0 Å². The molecule has 0 aromatic heterocycles. The highest BCUT2D eigenvalue weighted by Gasteiger charge is 2.29. The zero-order chi connectivity index (χ0) is 14.9. The van der Waals surface area contributed by atoms with Crippen LogP contribution in [0.3, 0.4) is 0 Å². The molecule has 2 N–H and O–H groups in total. The van der Waals surface area contributed by atoms with Gasteiger partial charge in [0.15, 0.2) is 0 Å². The Hall–Kier alpha value is -0.650. The normalized spacial score (nSPS) is 15.2. The molecule has 2 atom stereocenters. The highest BCUT2D eigenvalue weighted by Crippen LogP contribution is 2.25. The summed E-state index contributed by atoms with van der Waals surface area (Å²) in [5, 5.41) is 18.3. The van der Waals surface area contributed by atoms with Crippen molar-refractivity contribution < 1.29 is 24.8 Å². The third-order valence-electron chi connectivity index (χ3n) is 2.90. The van der Waals surface area contributed by atoms with Gasteiger partial charge in [0, 0.05) is 0 Å². The van der Waals surface area contributed by atoms with E-state index in [-0.39, 0.29) is 0 Å². The Morgan fingerprint density at radius 3 is 2.42 bits per heavy atom. The summed E-state index contributed by atoms with van der Waals surface area (Å²) in [5.41, 5.74) is -0.643. The molecule has 0 aliphatic heterocycles. The Morgan fingerprint density at radius 1 is 1.32 bits per heavy atom. The lowest BCUT2D eigenvalue weighted by atomic mass is 9.90. The zero-order valence-electron chi connectivity index (χ0n) is 12.5. The predicted octanol–water partition coefficient (Wildman–Crippen LogP) is 2.77. The Bertz CT molecular complexity index is 250. The Kier molecular flexibility index (Phi) is 8.97. The van der Waals surface area contributed by atoms with Crippen LogP contribution in [0.2, 0.25) is 0 Å². The maximum absolute atomic E-state index is 11.2. The van der Waals surface area contributed by atoms with Gasteiger partial charge in [0.05, 0.1) is 24.2 Å². The fraction of sp³-hybridized carbons (Fsp3) is 0.929. The molecule has 0 fully saturated rings. The molecule has 19 heavy (non-hydrogen) atoms. The zero-order valence-corrected chi connectivity index (χ0v) is 12.5. The van der Waals surface area contributed by atoms with Crippen LogP contribution in [-0.2, 0) is 14.6 Å². The number of hydrogen-bond acceptors (Lipinski definition) is 4. The van der Waals surface area contributed by atoms with Gasteiger partial charge >= 0.3 is 5.97 Å². The van der Waals surface area contributed by atoms with Gasteiger partial charge in [0.25, 0.3) is 0 Å². The molecule has 5 nitrogen and oxygen atoms in total. The van der Waals surface area contributed by atoms with Gasteiger partial charge in [-0.05, 0) is 40.0 Å². The van der Waals surface area contributed by atoms with Gasteiger partial charge in [-0.1, -0.05) is 19.8 Å². The van der Waals surface area contributed by atoms with Crippen LogP contribution in [0, 0.1) is 5.92 Å². The lowest BCUT2D eigenvalue weighted by molar-refractivity contribution is -0.357. The van der Waals surface area contributed by atoms with E-state index in [1.807, 2.05) is 20.8 Å². The molecule has 114 valence electrons. The van der Waals surface area contributed by atoms with E-state index in [0.29, 0.717) is 25.9 Å². The van der Waals surface area contributed by atoms with Crippen LogP contribution in [0.5, 0.6) is 0 Å². The molecule has 0 radical (unpaired) electrons. The fourth-order valence-corrected chi connectivity index (χ4v) is 1.81. The second-order valence-electron chi connectivity index (χ2n) is 5.68. The monoisotopic (exact) mass is 276 g/mol. The molecule has 0 saturated heterocycles. The van der Waals surface area contributed by atoms with Gasteiger partial charge in [-0.15, -0.1) is 0 Å². The summed E-state index contributed by atoms with van der Waals surface area (Å²) >= 11 is 0. The second-order valence-corrected chi connectivity index (χ2v) is 5.68. The van der Waals surface area contributed by atoms with Crippen LogP contribution in [0.15, 0.2) is 0 Å². The lowest BCUT2D eigenvalue weighted by Crippen LogP contribution is -2.31. The first-order chi connectivity index (χ1) is 8.78. The molecule has 0 aliphatic carbocycles. The third-order valence-corrected chi connectivity index (χ3v) is 2.90. The predicted molar refractivity (Wildman–Crippen MR) is 72.7 cm³/mol. The number of aliphatic carboxylic acids is 1. The molecule has 0 aromatic rings. The van der Waals surface area contributed by atoms with Crippen LogP contribution in [0.1, 0.15) is 59.8 Å². The molecule has 0 heterocycles. The first-order valence-corrected chi connectivity index (χ1v) is 7.00. The average molecular weight is 276 g/mol. The van der Waals surface area contributed by atoms with Crippen LogP contribution in [0.4, 0.5) is 0 Å². The van der Waals surface area contributed by atoms with E-state index in [0.717, 1.165) is 12.8 Å². The van der Waals surface area contributed by atoms with Gasteiger partial charge in [-0.2, -0.15) is 0 Å². The quantitative estimate of drug-likeness (QED) is 0.345. The maximum Gasteiger partial charge on any atom is 0.306 e. The highest BCUT2D eigenvalue weighted by atomic mass is 17.2. The minimum absolute atomic E-state index is 0.299. The van der Waals surface area contributed by atoms with Crippen LogP contribution >= 0.6 is 0 Å². The van der Waals surface area contributed by atoms with Gasteiger partial charge < -0.3 is 10.2 Å². The Labute approximate surface area is 115 Å². The standard InChI is InChI=1S/C14H28O5/c1-5-6-7-12(13(16)17)10-14(3,4)19-18-9-8-11(2)15/h11-12,15H,5-10H2,1-4H3,(H,16,17). The number of carboxylic acids is 1. The van der Waals surface area contributed by atoms with Gasteiger partial charge in [-0.3, -0.25) is 4.79 Å². The summed E-state index contributed by atoms with van der Waals surface area (Å²) < 4.78 is 0. The maximum atomic E-state index is 11.2. The largest absolute Gasteiger partial charge is 0.481 e. The molecule has 0 amide bonds. The summed E-state index contributed by atoms with van der Waals surface area (Å²) in [5.74, 6) is -1.19. The Morgan fingerprint density at radius 2 is 1.95 bits per heavy atom. The van der Waals surface area contributed by atoms with Crippen molar-refractivity contribution in [1.29, 1.82) is 0 Å².